The van der Waals surface area contributed by atoms with E-state index in [0.717, 1.165) is 12.8 Å². The van der Waals surface area contributed by atoms with Crippen molar-refractivity contribution < 1.29 is 9.90 Å². The minimum absolute atomic E-state index is 0.0497. The van der Waals surface area contributed by atoms with Gasteiger partial charge >= 0.3 is 0 Å². The largest absolute Gasteiger partial charge is 0.395 e. The number of nitrogens with one attached hydrogen (secondary N) is 1. The van der Waals surface area contributed by atoms with Crippen LogP contribution in [0.25, 0.3) is 0 Å². The van der Waals surface area contributed by atoms with Crippen LogP contribution in [0, 0.1) is 0 Å². The lowest BCUT2D eigenvalue weighted by atomic mass is 10.1. The summed E-state index contributed by atoms with van der Waals surface area (Å²) < 4.78 is 0. The fourth-order valence-electron chi connectivity index (χ4n) is 1.89. The fourth-order valence-corrected chi connectivity index (χ4v) is 1.89. The Balaban J connectivity index is 2.86. The van der Waals surface area contributed by atoms with Crippen molar-refractivity contribution in [2.45, 2.75) is 32.7 Å². The van der Waals surface area contributed by atoms with E-state index in [2.05, 4.69) is 10.2 Å². The lowest BCUT2D eigenvalue weighted by Crippen LogP contribution is -2.41. The molecule has 0 saturated carbocycles. The Morgan fingerprint density at radius 3 is 2.65 bits per heavy atom. The normalized spacial score (nSPS) is 10.8. The maximum absolute atomic E-state index is 12.2. The molecule has 1 aromatic rings. The molecule has 0 fully saturated rings. The van der Waals surface area contributed by atoms with Crippen molar-refractivity contribution in [3.05, 3.63) is 11.8 Å². The van der Waals surface area contributed by atoms with E-state index in [-0.39, 0.29) is 18.6 Å². The molecule has 1 rings (SSSR count). The van der Waals surface area contributed by atoms with Gasteiger partial charge in [-0.2, -0.15) is 5.10 Å². The highest BCUT2D eigenvalue weighted by molar-refractivity contribution is 5.93. The van der Waals surface area contributed by atoms with E-state index in [1.165, 1.54) is 6.07 Å². The summed E-state index contributed by atoms with van der Waals surface area (Å²) in [6.07, 6.45) is 1.71. The topological polar surface area (TPSA) is 95.2 Å². The number of aliphatic hydroxyl groups is 1. The minimum atomic E-state index is -0.169. The molecule has 4 N–H and O–H groups in total. The molecule has 0 aliphatic heterocycles. The first-order valence-electron chi connectivity index (χ1n) is 5.86. The number of anilines is 1. The van der Waals surface area contributed by atoms with Crippen LogP contribution >= 0.6 is 0 Å². The molecular formula is C11H20N4O2. The molecule has 1 amide bonds. The number of nitrogens with zero attached hydrogens (tertiary/aromatic N) is 2. The van der Waals surface area contributed by atoms with Crippen molar-refractivity contribution in [1.82, 2.24) is 15.1 Å². The highest BCUT2D eigenvalue weighted by atomic mass is 16.3. The number of hydrogen-bond donors (Lipinski definition) is 3. The Labute approximate surface area is 101 Å². The van der Waals surface area contributed by atoms with E-state index in [4.69, 9.17) is 10.8 Å². The molecule has 0 atom stereocenters. The monoisotopic (exact) mass is 240 g/mol. The summed E-state index contributed by atoms with van der Waals surface area (Å²) in [4.78, 5) is 13.9. The molecule has 0 aliphatic rings. The van der Waals surface area contributed by atoms with Crippen LogP contribution in [0.3, 0.4) is 0 Å². The van der Waals surface area contributed by atoms with Crippen molar-refractivity contribution in [3.63, 3.8) is 0 Å². The fraction of sp³-hybridized carbons (Fsp3) is 0.636. The molecule has 6 heteroatoms. The zero-order valence-corrected chi connectivity index (χ0v) is 10.3. The molecule has 96 valence electrons. The van der Waals surface area contributed by atoms with Crippen molar-refractivity contribution in [1.29, 1.82) is 0 Å². The van der Waals surface area contributed by atoms with Crippen LogP contribution in [0.1, 0.15) is 37.2 Å². The van der Waals surface area contributed by atoms with Gasteiger partial charge < -0.3 is 15.7 Å². The summed E-state index contributed by atoms with van der Waals surface area (Å²) in [5.74, 6) is 0.124. The van der Waals surface area contributed by atoms with E-state index in [1.54, 1.807) is 4.90 Å². The molecule has 1 heterocycles. The molecule has 0 bridgehead atoms. The molecule has 0 aliphatic carbocycles. The number of rotatable bonds is 6. The van der Waals surface area contributed by atoms with Gasteiger partial charge in [-0.05, 0) is 12.8 Å². The van der Waals surface area contributed by atoms with Crippen molar-refractivity contribution >= 4 is 11.7 Å². The maximum Gasteiger partial charge on any atom is 0.272 e. The first-order chi connectivity index (χ1) is 8.13. The van der Waals surface area contributed by atoms with Crippen LogP contribution < -0.4 is 5.73 Å². The number of H-pyrrole nitrogens is 1. The Kier molecular flexibility index (Phi) is 4.96. The minimum Gasteiger partial charge on any atom is -0.395 e. The molecule has 0 unspecified atom stereocenters. The molecule has 0 spiro atoms. The molecule has 0 saturated heterocycles. The number of aromatic nitrogens is 2. The summed E-state index contributed by atoms with van der Waals surface area (Å²) in [7, 11) is 0. The van der Waals surface area contributed by atoms with Gasteiger partial charge in [0.05, 0.1) is 6.61 Å². The van der Waals surface area contributed by atoms with Crippen LogP contribution in [0.15, 0.2) is 6.07 Å². The van der Waals surface area contributed by atoms with Crippen molar-refractivity contribution in [2.75, 3.05) is 18.9 Å². The number of aromatic amines is 1. The number of carbonyl (C=O) groups excluding carboxylic acids is 1. The van der Waals surface area contributed by atoms with Crippen LogP contribution in [-0.4, -0.2) is 45.3 Å². The van der Waals surface area contributed by atoms with E-state index in [0.29, 0.717) is 18.1 Å². The maximum atomic E-state index is 12.2. The Morgan fingerprint density at radius 2 is 2.24 bits per heavy atom. The van der Waals surface area contributed by atoms with E-state index in [9.17, 15) is 4.79 Å². The third kappa shape index (κ3) is 3.20. The second-order valence-electron chi connectivity index (χ2n) is 3.90. The van der Waals surface area contributed by atoms with E-state index >= 15 is 0 Å². The number of carbonyl (C=O) groups is 1. The smallest absolute Gasteiger partial charge is 0.272 e. The van der Waals surface area contributed by atoms with Gasteiger partial charge in [-0.3, -0.25) is 9.89 Å². The quantitative estimate of drug-likeness (QED) is 0.679. The van der Waals surface area contributed by atoms with Crippen molar-refractivity contribution in [2.24, 2.45) is 0 Å². The van der Waals surface area contributed by atoms with Gasteiger partial charge in [-0.1, -0.05) is 13.8 Å². The Morgan fingerprint density at radius 1 is 1.59 bits per heavy atom. The second kappa shape index (κ2) is 6.24. The highest BCUT2D eigenvalue weighted by Crippen LogP contribution is 2.13. The van der Waals surface area contributed by atoms with Gasteiger partial charge in [0.1, 0.15) is 11.5 Å². The predicted octanol–water partition coefficient (Wildman–Crippen LogP) is 0.615. The van der Waals surface area contributed by atoms with E-state index in [1.807, 2.05) is 13.8 Å². The van der Waals surface area contributed by atoms with E-state index < -0.39 is 0 Å². The second-order valence-corrected chi connectivity index (χ2v) is 3.90. The zero-order valence-electron chi connectivity index (χ0n) is 10.3. The average Bonchev–Trinajstić information content (AvgIpc) is 2.75. The summed E-state index contributed by atoms with van der Waals surface area (Å²) >= 11 is 0. The number of hydrogen-bond acceptors (Lipinski definition) is 4. The van der Waals surface area contributed by atoms with Gasteiger partial charge in [0.2, 0.25) is 0 Å². The molecule has 1 aromatic heterocycles. The number of nitrogen functional groups attached to an aromatic ring is 1. The standard InChI is InChI=1S/C11H20N4O2/c1-3-8(4-2)15(5-6-16)11(17)9-7-10(12)14-13-9/h7-8,16H,3-6H2,1-2H3,(H3,12,13,14). The first-order valence-corrected chi connectivity index (χ1v) is 5.86. The number of nitrogens with two attached hydrogens (primary N) is 1. The van der Waals surface area contributed by atoms with Crippen LogP contribution in [0.2, 0.25) is 0 Å². The third-order valence-electron chi connectivity index (χ3n) is 2.81. The molecule has 6 nitrogen and oxygen atoms in total. The lowest BCUT2D eigenvalue weighted by Gasteiger charge is -2.29. The summed E-state index contributed by atoms with van der Waals surface area (Å²) in [6.45, 7) is 4.32. The molecule has 17 heavy (non-hydrogen) atoms. The van der Waals surface area contributed by atoms with Gasteiger partial charge in [0, 0.05) is 18.7 Å². The highest BCUT2D eigenvalue weighted by Gasteiger charge is 2.23. The molecule has 0 aromatic carbocycles. The summed E-state index contributed by atoms with van der Waals surface area (Å²) in [6, 6.07) is 1.63. The predicted molar refractivity (Wildman–Crippen MR) is 65.5 cm³/mol. The Bertz CT molecular complexity index is 360. The van der Waals surface area contributed by atoms with Gasteiger partial charge in [0.25, 0.3) is 5.91 Å². The van der Waals surface area contributed by atoms with Crippen molar-refractivity contribution in [3.8, 4) is 0 Å². The SMILES string of the molecule is CCC(CC)N(CCO)C(=O)c1cc(N)n[nH]1. The Hall–Kier alpha value is -1.56. The average molecular weight is 240 g/mol. The third-order valence-corrected chi connectivity index (χ3v) is 2.81. The molecular weight excluding hydrogens is 220 g/mol. The van der Waals surface area contributed by atoms with Gasteiger partial charge in [-0.25, -0.2) is 0 Å². The number of amides is 1. The van der Waals surface area contributed by atoms with Crippen LogP contribution in [0.5, 0.6) is 0 Å². The van der Waals surface area contributed by atoms with Gasteiger partial charge in [-0.15, -0.1) is 0 Å². The lowest BCUT2D eigenvalue weighted by molar-refractivity contribution is 0.0616. The van der Waals surface area contributed by atoms with Crippen LogP contribution in [-0.2, 0) is 0 Å². The van der Waals surface area contributed by atoms with Gasteiger partial charge in [0.15, 0.2) is 0 Å². The summed E-state index contributed by atoms with van der Waals surface area (Å²) in [5.41, 5.74) is 5.83. The number of aliphatic hydroxyl groups excluding tert-OH is 1. The molecule has 0 radical (unpaired) electrons. The zero-order chi connectivity index (χ0) is 12.8. The summed E-state index contributed by atoms with van der Waals surface area (Å²) in [5, 5.41) is 15.4. The first kappa shape index (κ1) is 13.5. The van der Waals surface area contributed by atoms with Crippen LogP contribution in [0.4, 0.5) is 5.82 Å².